The lowest BCUT2D eigenvalue weighted by Gasteiger charge is -2.24. The molecule has 80 valence electrons. The van der Waals surface area contributed by atoms with Crippen molar-refractivity contribution >= 4 is 0 Å². The van der Waals surface area contributed by atoms with Crippen molar-refractivity contribution in [3.05, 3.63) is 0 Å². The fraction of sp³-hybridized carbons (Fsp3) is 1.00. The molecule has 13 heavy (non-hydrogen) atoms. The van der Waals surface area contributed by atoms with Crippen molar-refractivity contribution in [2.45, 2.75) is 32.5 Å². The molecule has 0 aliphatic carbocycles. The Kier molecular flexibility index (Phi) is 7.17. The average molecular weight is 190 g/mol. The van der Waals surface area contributed by atoms with Gasteiger partial charge in [-0.25, -0.2) is 0 Å². The van der Waals surface area contributed by atoms with E-state index in [0.717, 1.165) is 13.0 Å². The highest BCUT2D eigenvalue weighted by Gasteiger charge is 2.09. The van der Waals surface area contributed by atoms with E-state index in [1.165, 1.54) is 0 Å². The minimum atomic E-state index is -0.350. The summed E-state index contributed by atoms with van der Waals surface area (Å²) >= 11 is 0. The number of nitrogens with two attached hydrogens (primary N) is 1. The molecule has 0 unspecified atom stereocenters. The minimum absolute atomic E-state index is 0.350. The van der Waals surface area contributed by atoms with Gasteiger partial charge in [0.2, 0.25) is 0 Å². The van der Waals surface area contributed by atoms with Gasteiger partial charge in [0.15, 0.2) is 0 Å². The van der Waals surface area contributed by atoms with Gasteiger partial charge >= 0.3 is 0 Å². The van der Waals surface area contributed by atoms with Crippen LogP contribution in [0, 0.1) is 0 Å². The predicted molar refractivity (Wildman–Crippen MR) is 53.5 cm³/mol. The van der Waals surface area contributed by atoms with Crippen molar-refractivity contribution in [3.63, 3.8) is 0 Å². The molecule has 0 spiro atoms. The minimum Gasteiger partial charge on any atom is -0.392 e. The molecule has 2 atom stereocenters. The maximum absolute atomic E-state index is 9.18. The van der Waals surface area contributed by atoms with Crippen molar-refractivity contribution in [2.75, 3.05) is 26.2 Å². The highest BCUT2D eigenvalue weighted by Crippen LogP contribution is 1.96. The zero-order valence-corrected chi connectivity index (χ0v) is 8.61. The molecule has 0 aliphatic heterocycles. The highest BCUT2D eigenvalue weighted by atomic mass is 16.3. The van der Waals surface area contributed by atoms with Crippen LogP contribution in [-0.2, 0) is 0 Å². The fourth-order valence-electron chi connectivity index (χ4n) is 1.32. The second-order valence-corrected chi connectivity index (χ2v) is 3.60. The molecule has 0 saturated heterocycles. The van der Waals surface area contributed by atoms with Gasteiger partial charge in [0.05, 0.1) is 12.2 Å². The molecule has 0 fully saturated rings. The van der Waals surface area contributed by atoms with Crippen LogP contribution in [0.3, 0.4) is 0 Å². The molecule has 0 heterocycles. The Morgan fingerprint density at radius 2 is 1.62 bits per heavy atom. The molecule has 4 heteroatoms. The molecule has 0 aromatic carbocycles. The number of aliphatic hydroxyl groups excluding tert-OH is 2. The first-order valence-corrected chi connectivity index (χ1v) is 4.84. The van der Waals surface area contributed by atoms with Crippen LogP contribution in [0.15, 0.2) is 0 Å². The largest absolute Gasteiger partial charge is 0.392 e. The number of nitrogens with zero attached hydrogens (tertiary/aromatic N) is 1. The van der Waals surface area contributed by atoms with Crippen molar-refractivity contribution in [1.82, 2.24) is 4.90 Å². The standard InChI is InChI=1S/C9H22N2O2/c1-8(12)6-11(5-3-4-10)7-9(2)13/h8-9,12-13H,3-7,10H2,1-2H3/t8-,9-/m1/s1. The molecule has 0 bridgehead atoms. The van der Waals surface area contributed by atoms with Gasteiger partial charge in [0, 0.05) is 13.1 Å². The predicted octanol–water partition coefficient (Wildman–Crippen LogP) is -0.601. The molecule has 4 N–H and O–H groups in total. The van der Waals surface area contributed by atoms with E-state index in [4.69, 9.17) is 5.73 Å². The molecule has 0 rings (SSSR count). The molecule has 0 saturated carbocycles. The summed E-state index contributed by atoms with van der Waals surface area (Å²) in [6.45, 7) is 6.19. The fourth-order valence-corrected chi connectivity index (χ4v) is 1.32. The summed E-state index contributed by atoms with van der Waals surface area (Å²) in [5.41, 5.74) is 5.39. The van der Waals surface area contributed by atoms with Crippen LogP contribution in [0.2, 0.25) is 0 Å². The second-order valence-electron chi connectivity index (χ2n) is 3.60. The molecule has 0 radical (unpaired) electrons. The monoisotopic (exact) mass is 190 g/mol. The van der Waals surface area contributed by atoms with Gasteiger partial charge in [-0.05, 0) is 33.4 Å². The quantitative estimate of drug-likeness (QED) is 0.501. The SMILES string of the molecule is C[C@@H](O)CN(CCCN)C[C@@H](C)O. The first-order valence-electron chi connectivity index (χ1n) is 4.84. The zero-order valence-electron chi connectivity index (χ0n) is 8.61. The van der Waals surface area contributed by atoms with Crippen LogP contribution >= 0.6 is 0 Å². The van der Waals surface area contributed by atoms with E-state index in [-0.39, 0.29) is 12.2 Å². The van der Waals surface area contributed by atoms with E-state index in [0.29, 0.717) is 19.6 Å². The average Bonchev–Trinajstić information content (AvgIpc) is 1.98. The summed E-state index contributed by atoms with van der Waals surface area (Å²) in [5, 5.41) is 18.4. The van der Waals surface area contributed by atoms with E-state index in [1.54, 1.807) is 13.8 Å². The van der Waals surface area contributed by atoms with Crippen molar-refractivity contribution in [2.24, 2.45) is 5.73 Å². The Morgan fingerprint density at radius 1 is 1.15 bits per heavy atom. The summed E-state index contributed by atoms with van der Waals surface area (Å²) < 4.78 is 0. The third-order valence-corrected chi connectivity index (χ3v) is 1.72. The summed E-state index contributed by atoms with van der Waals surface area (Å²) in [6.07, 6.45) is 0.201. The second kappa shape index (κ2) is 7.26. The lowest BCUT2D eigenvalue weighted by Crippen LogP contribution is -2.37. The number of rotatable bonds is 7. The van der Waals surface area contributed by atoms with E-state index < -0.39 is 0 Å². The molecule has 0 aliphatic rings. The van der Waals surface area contributed by atoms with Crippen LogP contribution in [0.25, 0.3) is 0 Å². The van der Waals surface area contributed by atoms with Crippen LogP contribution in [-0.4, -0.2) is 53.5 Å². The highest BCUT2D eigenvalue weighted by molar-refractivity contribution is 4.64. The summed E-state index contributed by atoms with van der Waals surface area (Å²) in [7, 11) is 0. The smallest absolute Gasteiger partial charge is 0.0639 e. The first kappa shape index (κ1) is 12.8. The zero-order chi connectivity index (χ0) is 10.3. The van der Waals surface area contributed by atoms with Gasteiger partial charge in [-0.2, -0.15) is 0 Å². The molecule has 0 aromatic heterocycles. The lowest BCUT2D eigenvalue weighted by molar-refractivity contribution is 0.0833. The van der Waals surface area contributed by atoms with Gasteiger partial charge in [-0.3, -0.25) is 4.90 Å². The number of hydrogen-bond acceptors (Lipinski definition) is 4. The topological polar surface area (TPSA) is 69.7 Å². The maximum atomic E-state index is 9.18. The van der Waals surface area contributed by atoms with Gasteiger partial charge in [0.25, 0.3) is 0 Å². The van der Waals surface area contributed by atoms with Crippen molar-refractivity contribution in [3.8, 4) is 0 Å². The van der Waals surface area contributed by atoms with E-state index in [1.807, 2.05) is 4.90 Å². The Morgan fingerprint density at radius 3 is 1.92 bits per heavy atom. The number of aliphatic hydroxyl groups is 2. The molecule has 4 nitrogen and oxygen atoms in total. The van der Waals surface area contributed by atoms with Crippen LogP contribution < -0.4 is 5.73 Å². The van der Waals surface area contributed by atoms with E-state index >= 15 is 0 Å². The Balaban J connectivity index is 3.73. The summed E-state index contributed by atoms with van der Waals surface area (Å²) in [4.78, 5) is 2.03. The Bertz CT molecular complexity index is 108. The Labute approximate surface area is 80.3 Å². The molecular formula is C9H22N2O2. The van der Waals surface area contributed by atoms with Crippen LogP contribution in [0.4, 0.5) is 0 Å². The lowest BCUT2D eigenvalue weighted by atomic mass is 10.3. The Hall–Kier alpha value is -0.160. The summed E-state index contributed by atoms with van der Waals surface area (Å²) in [5.74, 6) is 0. The molecule has 0 aromatic rings. The van der Waals surface area contributed by atoms with Gasteiger partial charge in [-0.15, -0.1) is 0 Å². The summed E-state index contributed by atoms with van der Waals surface area (Å²) in [6, 6.07) is 0. The van der Waals surface area contributed by atoms with Crippen molar-refractivity contribution in [1.29, 1.82) is 0 Å². The van der Waals surface area contributed by atoms with Gasteiger partial charge in [0.1, 0.15) is 0 Å². The van der Waals surface area contributed by atoms with Crippen LogP contribution in [0.1, 0.15) is 20.3 Å². The van der Waals surface area contributed by atoms with Crippen molar-refractivity contribution < 1.29 is 10.2 Å². The normalized spacial score (nSPS) is 16.2. The third kappa shape index (κ3) is 8.18. The van der Waals surface area contributed by atoms with E-state index in [2.05, 4.69) is 0 Å². The van der Waals surface area contributed by atoms with E-state index in [9.17, 15) is 10.2 Å². The van der Waals surface area contributed by atoms with Gasteiger partial charge < -0.3 is 15.9 Å². The maximum Gasteiger partial charge on any atom is 0.0639 e. The molecular weight excluding hydrogens is 168 g/mol. The van der Waals surface area contributed by atoms with Gasteiger partial charge in [-0.1, -0.05) is 0 Å². The molecule has 0 amide bonds. The first-order chi connectivity index (χ1) is 6.06. The van der Waals surface area contributed by atoms with Crippen LogP contribution in [0.5, 0.6) is 0 Å². The number of hydrogen-bond donors (Lipinski definition) is 3. The third-order valence-electron chi connectivity index (χ3n) is 1.72.